The van der Waals surface area contributed by atoms with Gasteiger partial charge in [0.25, 0.3) is 0 Å². The number of hydrogen-bond acceptors (Lipinski definition) is 7. The number of aliphatic hydroxyl groups is 1. The van der Waals surface area contributed by atoms with Gasteiger partial charge >= 0.3 is 17.9 Å². The van der Waals surface area contributed by atoms with E-state index in [4.69, 9.17) is 14.2 Å². The predicted molar refractivity (Wildman–Crippen MR) is 143 cm³/mol. The highest BCUT2D eigenvalue weighted by Gasteiger charge is 2.84. The van der Waals surface area contributed by atoms with Crippen LogP contribution in [0.3, 0.4) is 0 Å². The van der Waals surface area contributed by atoms with Gasteiger partial charge < -0.3 is 19.3 Å². The number of cyclic esters (lactones) is 2. The van der Waals surface area contributed by atoms with Crippen molar-refractivity contribution in [2.24, 2.45) is 39.4 Å². The summed E-state index contributed by atoms with van der Waals surface area (Å²) in [6.45, 7) is 13.7. The van der Waals surface area contributed by atoms with Crippen molar-refractivity contribution in [2.45, 2.75) is 117 Å². The maximum atomic E-state index is 12.6. The molecule has 0 aromatic heterocycles. The molecule has 2 aliphatic heterocycles. The Morgan fingerprint density at radius 3 is 2.49 bits per heavy atom. The Kier molecular flexibility index (Phi) is 5.54. The highest BCUT2D eigenvalue weighted by atomic mass is 16.6. The van der Waals surface area contributed by atoms with Crippen molar-refractivity contribution >= 4 is 17.9 Å². The van der Waals surface area contributed by atoms with Gasteiger partial charge in [-0.3, -0.25) is 4.79 Å². The van der Waals surface area contributed by atoms with Crippen LogP contribution in [0.25, 0.3) is 0 Å². The van der Waals surface area contributed by atoms with E-state index in [9.17, 15) is 19.5 Å². The average Bonchev–Trinajstić information content (AvgIpc) is 3.42. The molecule has 7 heteroatoms. The first-order valence-electron chi connectivity index (χ1n) is 14.7. The Morgan fingerprint density at radius 2 is 1.82 bits per heavy atom. The van der Waals surface area contributed by atoms with E-state index >= 15 is 0 Å². The van der Waals surface area contributed by atoms with Crippen molar-refractivity contribution < 1.29 is 33.7 Å². The smallest absolute Gasteiger partial charge is 0.333 e. The lowest BCUT2D eigenvalue weighted by Crippen LogP contribution is -2.65. The summed E-state index contributed by atoms with van der Waals surface area (Å²) in [5, 5.41) is 12.2. The Morgan fingerprint density at radius 1 is 1.13 bits per heavy atom. The summed E-state index contributed by atoms with van der Waals surface area (Å²) in [4.78, 5) is 37.6. The second kappa shape index (κ2) is 7.98. The number of ether oxygens (including phenoxy) is 3. The summed E-state index contributed by atoms with van der Waals surface area (Å²) in [5.41, 5.74) is -2.29. The number of fused-ring (bicyclic) bond motifs is 2. The molecule has 10 unspecified atom stereocenters. The third-order valence-corrected chi connectivity index (χ3v) is 12.9. The molecule has 0 saturated heterocycles. The van der Waals surface area contributed by atoms with Gasteiger partial charge in [-0.1, -0.05) is 26.0 Å². The number of esters is 3. The molecule has 0 radical (unpaired) electrons. The van der Waals surface area contributed by atoms with Crippen LogP contribution >= 0.6 is 0 Å². The number of hydrogen-bond donors (Lipinski definition) is 1. The lowest BCUT2D eigenvalue weighted by molar-refractivity contribution is -0.234. The monoisotopic (exact) mass is 540 g/mol. The van der Waals surface area contributed by atoms with Crippen LogP contribution in [-0.4, -0.2) is 46.4 Å². The number of rotatable bonds is 3. The number of allylic oxidation sites excluding steroid dienone is 1. The maximum absolute atomic E-state index is 12.6. The molecular formula is C32H44O7. The molecule has 4 fully saturated rings. The zero-order valence-corrected chi connectivity index (χ0v) is 24.5. The van der Waals surface area contributed by atoms with Gasteiger partial charge in [0, 0.05) is 47.7 Å². The maximum Gasteiger partial charge on any atom is 0.333 e. The first-order valence-corrected chi connectivity index (χ1v) is 14.7. The van der Waals surface area contributed by atoms with Gasteiger partial charge in [-0.15, -0.1) is 0 Å². The third kappa shape index (κ3) is 3.28. The molecule has 10 atom stereocenters. The molecule has 214 valence electrons. The minimum Gasteiger partial charge on any atom is -0.462 e. The van der Waals surface area contributed by atoms with E-state index in [1.807, 2.05) is 26.8 Å². The van der Waals surface area contributed by atoms with Gasteiger partial charge in [0.05, 0.1) is 0 Å². The highest BCUT2D eigenvalue weighted by molar-refractivity contribution is 5.88. The largest absolute Gasteiger partial charge is 0.462 e. The van der Waals surface area contributed by atoms with Crippen LogP contribution in [0.5, 0.6) is 0 Å². The fourth-order valence-electron chi connectivity index (χ4n) is 11.1. The summed E-state index contributed by atoms with van der Waals surface area (Å²) in [5.74, 6) is -0.651. The van der Waals surface area contributed by atoms with E-state index in [-0.39, 0.29) is 46.0 Å². The van der Waals surface area contributed by atoms with Gasteiger partial charge in [-0.2, -0.15) is 0 Å². The van der Waals surface area contributed by atoms with Gasteiger partial charge in [-0.05, 0) is 83.0 Å². The Bertz CT molecular complexity index is 1200. The second-order valence-electron chi connectivity index (χ2n) is 14.7. The van der Waals surface area contributed by atoms with E-state index in [1.165, 1.54) is 6.92 Å². The SMILES string of the molecule is CC(=O)OC1CC23CC24C=CC(=O)OC(C)(C)C4CCC3C2(C)CCC(C(C)(O)C3CC=C(C)C(=O)O3)C12C. The molecule has 39 heavy (non-hydrogen) atoms. The second-order valence-corrected chi connectivity index (χ2v) is 14.7. The highest BCUT2D eigenvalue weighted by Crippen LogP contribution is 2.87. The van der Waals surface area contributed by atoms with E-state index in [2.05, 4.69) is 19.9 Å². The quantitative estimate of drug-likeness (QED) is 0.395. The number of carbonyl (C=O) groups excluding carboxylic acids is 3. The van der Waals surface area contributed by atoms with Crippen molar-refractivity contribution in [1.82, 2.24) is 0 Å². The molecule has 7 nitrogen and oxygen atoms in total. The van der Waals surface area contributed by atoms with Gasteiger partial charge in [0.1, 0.15) is 23.4 Å². The van der Waals surface area contributed by atoms with Gasteiger partial charge in [-0.25, -0.2) is 9.59 Å². The van der Waals surface area contributed by atoms with Crippen LogP contribution in [0.4, 0.5) is 0 Å². The van der Waals surface area contributed by atoms with Crippen LogP contribution in [-0.2, 0) is 28.6 Å². The predicted octanol–water partition coefficient (Wildman–Crippen LogP) is 5.05. The molecule has 0 bridgehead atoms. The summed E-state index contributed by atoms with van der Waals surface area (Å²) in [7, 11) is 0. The minimum absolute atomic E-state index is 0.0933. The normalized spacial score (nSPS) is 49.0. The van der Waals surface area contributed by atoms with E-state index < -0.39 is 28.8 Å². The van der Waals surface area contributed by atoms with E-state index in [0.717, 1.165) is 32.1 Å². The Hall–Kier alpha value is -2.15. The van der Waals surface area contributed by atoms with Crippen LogP contribution in [0.1, 0.15) is 93.4 Å². The lowest BCUT2D eigenvalue weighted by Gasteiger charge is -2.64. The molecule has 6 aliphatic rings. The summed E-state index contributed by atoms with van der Waals surface area (Å²) >= 11 is 0. The molecule has 6 rings (SSSR count). The molecule has 0 aromatic carbocycles. The van der Waals surface area contributed by atoms with Crippen molar-refractivity contribution in [3.8, 4) is 0 Å². The van der Waals surface area contributed by atoms with Crippen LogP contribution in [0.15, 0.2) is 23.8 Å². The molecule has 4 aliphatic carbocycles. The van der Waals surface area contributed by atoms with Crippen LogP contribution in [0, 0.1) is 39.4 Å². The van der Waals surface area contributed by atoms with Crippen molar-refractivity contribution in [3.63, 3.8) is 0 Å². The first-order chi connectivity index (χ1) is 18.0. The first kappa shape index (κ1) is 27.0. The van der Waals surface area contributed by atoms with Crippen LogP contribution in [0.2, 0.25) is 0 Å². The standard InChI is InChI=1S/C32H44O7/c1-18-8-11-23(38-26(18)35)30(7,36)22-12-14-28(5)21-10-9-20-27(3,4)39-25(34)13-15-31(20)17-32(21,31)16-24(29(22,28)6)37-19(2)33/h8,13,15,20-24,36H,9-12,14,16-17H2,1-7H3. The number of carbonyl (C=O) groups is 3. The fourth-order valence-corrected chi connectivity index (χ4v) is 11.1. The summed E-state index contributed by atoms with van der Waals surface area (Å²) < 4.78 is 17.9. The average molecular weight is 541 g/mol. The minimum atomic E-state index is -1.29. The van der Waals surface area contributed by atoms with Gasteiger partial charge in [0.15, 0.2) is 0 Å². The fraction of sp³-hybridized carbons (Fsp3) is 0.781. The third-order valence-electron chi connectivity index (χ3n) is 12.9. The summed E-state index contributed by atoms with van der Waals surface area (Å²) in [6.07, 6.45) is 10.3. The van der Waals surface area contributed by atoms with Crippen molar-refractivity contribution in [2.75, 3.05) is 0 Å². The zero-order chi connectivity index (χ0) is 28.4. The Balaban J connectivity index is 1.44. The Labute approximate surface area is 231 Å². The lowest BCUT2D eigenvalue weighted by atomic mass is 9.42. The van der Waals surface area contributed by atoms with Crippen LogP contribution < -0.4 is 0 Å². The molecular weight excluding hydrogens is 496 g/mol. The van der Waals surface area contributed by atoms with Gasteiger partial charge in [0.2, 0.25) is 0 Å². The molecule has 4 saturated carbocycles. The van der Waals surface area contributed by atoms with Crippen molar-refractivity contribution in [1.29, 1.82) is 0 Å². The van der Waals surface area contributed by atoms with E-state index in [0.29, 0.717) is 24.3 Å². The molecule has 2 heterocycles. The molecule has 2 spiro atoms. The zero-order valence-electron chi connectivity index (χ0n) is 24.5. The van der Waals surface area contributed by atoms with Crippen molar-refractivity contribution in [3.05, 3.63) is 23.8 Å². The molecule has 0 amide bonds. The summed E-state index contributed by atoms with van der Waals surface area (Å²) in [6, 6.07) is 0. The topological polar surface area (TPSA) is 99.1 Å². The molecule has 0 aromatic rings. The van der Waals surface area contributed by atoms with E-state index in [1.54, 1.807) is 13.0 Å². The molecule has 1 N–H and O–H groups in total.